The highest BCUT2D eigenvalue weighted by Gasteiger charge is 2.26. The molecule has 0 spiro atoms. The van der Waals surface area contributed by atoms with E-state index in [1.54, 1.807) is 6.07 Å². The maximum absolute atomic E-state index is 12.1. The van der Waals surface area contributed by atoms with Gasteiger partial charge in [-0.15, -0.1) is 0 Å². The van der Waals surface area contributed by atoms with Gasteiger partial charge in [0.25, 0.3) is 0 Å². The van der Waals surface area contributed by atoms with Gasteiger partial charge in [0.1, 0.15) is 10.6 Å². The Hall–Kier alpha value is -1.27. The van der Waals surface area contributed by atoms with Crippen LogP contribution in [-0.4, -0.2) is 21.6 Å². The Morgan fingerprint density at radius 2 is 2.12 bits per heavy atom. The summed E-state index contributed by atoms with van der Waals surface area (Å²) in [6.45, 7) is 0. The van der Waals surface area contributed by atoms with E-state index in [0.717, 1.165) is 19.3 Å². The van der Waals surface area contributed by atoms with Crippen LogP contribution < -0.4 is 15.2 Å². The number of methoxy groups -OCH3 is 1. The second-order valence-electron chi connectivity index (χ2n) is 4.16. The Kier molecular flexibility index (Phi) is 3.26. The van der Waals surface area contributed by atoms with E-state index in [-0.39, 0.29) is 16.7 Å². The van der Waals surface area contributed by atoms with E-state index in [2.05, 4.69) is 4.72 Å². The molecule has 94 valence electrons. The molecule has 3 N–H and O–H groups in total. The average molecular weight is 256 g/mol. The first-order valence-corrected chi connectivity index (χ1v) is 6.97. The van der Waals surface area contributed by atoms with Gasteiger partial charge in [-0.1, -0.05) is 6.42 Å². The van der Waals surface area contributed by atoms with Gasteiger partial charge in [-0.3, -0.25) is 0 Å². The van der Waals surface area contributed by atoms with E-state index in [4.69, 9.17) is 10.5 Å². The van der Waals surface area contributed by atoms with Crippen molar-refractivity contribution in [2.24, 2.45) is 0 Å². The second-order valence-corrected chi connectivity index (χ2v) is 5.84. The molecule has 0 atom stereocenters. The topological polar surface area (TPSA) is 81.4 Å². The molecule has 2 rings (SSSR count). The molecule has 0 radical (unpaired) electrons. The lowest BCUT2D eigenvalue weighted by molar-refractivity contribution is 0.379. The fourth-order valence-electron chi connectivity index (χ4n) is 1.72. The number of nitrogens with two attached hydrogens (primary N) is 1. The Balaban J connectivity index is 2.31. The number of sulfonamides is 1. The summed E-state index contributed by atoms with van der Waals surface area (Å²) in [7, 11) is -2.08. The second kappa shape index (κ2) is 4.54. The van der Waals surface area contributed by atoms with Gasteiger partial charge >= 0.3 is 0 Å². The Morgan fingerprint density at radius 3 is 2.65 bits per heavy atom. The number of anilines is 1. The van der Waals surface area contributed by atoms with Crippen LogP contribution in [0, 0.1) is 0 Å². The van der Waals surface area contributed by atoms with E-state index in [1.807, 2.05) is 0 Å². The first-order valence-electron chi connectivity index (χ1n) is 5.49. The number of hydrogen-bond acceptors (Lipinski definition) is 4. The molecule has 1 aliphatic rings. The molecule has 0 saturated heterocycles. The zero-order valence-corrected chi connectivity index (χ0v) is 10.5. The highest BCUT2D eigenvalue weighted by Crippen LogP contribution is 2.28. The molecule has 1 aliphatic carbocycles. The lowest BCUT2D eigenvalue weighted by Crippen LogP contribution is -2.39. The molecular formula is C11H16N2O3S. The summed E-state index contributed by atoms with van der Waals surface area (Å²) in [6, 6.07) is 4.59. The molecule has 0 bridgehead atoms. The molecule has 0 unspecified atom stereocenters. The zero-order chi connectivity index (χ0) is 12.5. The van der Waals surface area contributed by atoms with Gasteiger partial charge in [-0.05, 0) is 25.0 Å². The molecule has 0 aliphatic heterocycles. The van der Waals surface area contributed by atoms with Crippen LogP contribution in [0.5, 0.6) is 5.75 Å². The zero-order valence-electron chi connectivity index (χ0n) is 9.64. The van der Waals surface area contributed by atoms with Crippen LogP contribution in [0.1, 0.15) is 19.3 Å². The predicted molar refractivity (Wildman–Crippen MR) is 65.4 cm³/mol. The molecule has 6 heteroatoms. The summed E-state index contributed by atoms with van der Waals surface area (Å²) >= 11 is 0. The minimum atomic E-state index is -3.51. The number of nitrogen functional groups attached to an aromatic ring is 1. The minimum Gasteiger partial charge on any atom is -0.495 e. The smallest absolute Gasteiger partial charge is 0.244 e. The predicted octanol–water partition coefficient (Wildman–Crippen LogP) is 1.11. The van der Waals surface area contributed by atoms with Crippen LogP contribution in [0.25, 0.3) is 0 Å². The lowest BCUT2D eigenvalue weighted by atomic mass is 9.94. The summed E-state index contributed by atoms with van der Waals surface area (Å²) in [5.41, 5.74) is 6.07. The Labute approximate surface area is 101 Å². The van der Waals surface area contributed by atoms with Crippen molar-refractivity contribution >= 4 is 15.7 Å². The molecule has 0 amide bonds. The van der Waals surface area contributed by atoms with Crippen molar-refractivity contribution in [1.82, 2.24) is 4.72 Å². The van der Waals surface area contributed by atoms with E-state index in [9.17, 15) is 8.42 Å². The summed E-state index contributed by atoms with van der Waals surface area (Å²) in [5, 5.41) is 0. The molecular weight excluding hydrogens is 240 g/mol. The molecule has 1 fully saturated rings. The van der Waals surface area contributed by atoms with Gasteiger partial charge in [0.2, 0.25) is 10.0 Å². The number of rotatable bonds is 4. The molecule has 1 saturated carbocycles. The van der Waals surface area contributed by atoms with Gasteiger partial charge in [0.05, 0.1) is 7.11 Å². The average Bonchev–Trinajstić information content (AvgIpc) is 2.23. The molecule has 5 nitrogen and oxygen atoms in total. The lowest BCUT2D eigenvalue weighted by Gasteiger charge is -2.26. The van der Waals surface area contributed by atoms with Crippen LogP contribution in [0.15, 0.2) is 23.1 Å². The van der Waals surface area contributed by atoms with Gasteiger partial charge in [-0.25, -0.2) is 13.1 Å². The first kappa shape index (κ1) is 12.2. The molecule has 1 aromatic rings. The third-order valence-electron chi connectivity index (χ3n) is 2.90. The van der Waals surface area contributed by atoms with Crippen molar-refractivity contribution in [2.75, 3.05) is 12.8 Å². The Morgan fingerprint density at radius 1 is 1.41 bits per heavy atom. The van der Waals surface area contributed by atoms with Crippen molar-refractivity contribution in [1.29, 1.82) is 0 Å². The van der Waals surface area contributed by atoms with Crippen molar-refractivity contribution in [3.63, 3.8) is 0 Å². The van der Waals surface area contributed by atoms with Crippen LogP contribution in [0.4, 0.5) is 5.69 Å². The summed E-state index contributed by atoms with van der Waals surface area (Å²) in [4.78, 5) is 0.140. The van der Waals surface area contributed by atoms with Gasteiger partial charge in [0.15, 0.2) is 0 Å². The van der Waals surface area contributed by atoms with Crippen LogP contribution >= 0.6 is 0 Å². The van der Waals surface area contributed by atoms with Crippen molar-refractivity contribution in [3.8, 4) is 5.75 Å². The van der Waals surface area contributed by atoms with Crippen molar-refractivity contribution in [2.45, 2.75) is 30.2 Å². The van der Waals surface area contributed by atoms with Gasteiger partial charge < -0.3 is 10.5 Å². The fraction of sp³-hybridized carbons (Fsp3) is 0.455. The minimum absolute atomic E-state index is 0.0576. The third kappa shape index (κ3) is 2.53. The fourth-order valence-corrected chi connectivity index (χ4v) is 3.17. The molecule has 0 aromatic heterocycles. The SMILES string of the molecule is COc1cc(N)ccc1S(=O)(=O)NC1CCC1. The van der Waals surface area contributed by atoms with E-state index < -0.39 is 10.0 Å². The largest absolute Gasteiger partial charge is 0.495 e. The van der Waals surface area contributed by atoms with E-state index in [1.165, 1.54) is 19.2 Å². The summed E-state index contributed by atoms with van der Waals surface area (Å²) in [5.74, 6) is 0.275. The van der Waals surface area contributed by atoms with Crippen LogP contribution in [0.2, 0.25) is 0 Å². The van der Waals surface area contributed by atoms with Crippen LogP contribution in [-0.2, 0) is 10.0 Å². The quantitative estimate of drug-likeness (QED) is 0.791. The standard InChI is InChI=1S/C11H16N2O3S/c1-16-10-7-8(12)5-6-11(10)17(14,15)13-9-3-2-4-9/h5-7,9,13H,2-4,12H2,1H3. The summed E-state index contributed by atoms with van der Waals surface area (Å²) in [6.07, 6.45) is 2.87. The van der Waals surface area contributed by atoms with E-state index in [0.29, 0.717) is 5.69 Å². The number of hydrogen-bond donors (Lipinski definition) is 2. The highest BCUT2D eigenvalue weighted by atomic mass is 32.2. The molecule has 17 heavy (non-hydrogen) atoms. The van der Waals surface area contributed by atoms with E-state index >= 15 is 0 Å². The number of benzene rings is 1. The van der Waals surface area contributed by atoms with Gasteiger partial charge in [0, 0.05) is 17.8 Å². The van der Waals surface area contributed by atoms with Crippen molar-refractivity contribution in [3.05, 3.63) is 18.2 Å². The third-order valence-corrected chi connectivity index (χ3v) is 4.46. The first-order chi connectivity index (χ1) is 8.03. The van der Waals surface area contributed by atoms with Gasteiger partial charge in [-0.2, -0.15) is 0 Å². The number of nitrogens with one attached hydrogen (secondary N) is 1. The maximum Gasteiger partial charge on any atom is 0.244 e. The normalized spacial score (nSPS) is 16.5. The molecule has 1 aromatic carbocycles. The number of ether oxygens (including phenoxy) is 1. The van der Waals surface area contributed by atoms with Crippen LogP contribution in [0.3, 0.4) is 0 Å². The highest BCUT2D eigenvalue weighted by molar-refractivity contribution is 7.89. The Bertz CT molecular complexity index is 509. The molecule has 0 heterocycles. The summed E-state index contributed by atoms with van der Waals surface area (Å²) < 4.78 is 31.9. The van der Waals surface area contributed by atoms with Crippen molar-refractivity contribution < 1.29 is 13.2 Å². The maximum atomic E-state index is 12.1. The monoisotopic (exact) mass is 256 g/mol.